The summed E-state index contributed by atoms with van der Waals surface area (Å²) >= 11 is 0. The molecule has 2 aliphatic rings. The van der Waals surface area contributed by atoms with Gasteiger partial charge in [0.15, 0.2) is 26.5 Å². The molecule has 4 aromatic carbocycles. The molecule has 296 valence electrons. The molecular formula is C45H49N2O8PSi. The minimum absolute atomic E-state index is 0.0673. The second-order valence-corrected chi connectivity index (χ2v) is 22.9. The van der Waals surface area contributed by atoms with Crippen LogP contribution in [0.2, 0.25) is 19.6 Å². The van der Waals surface area contributed by atoms with E-state index in [-0.39, 0.29) is 50.1 Å². The maximum Gasteiger partial charge on any atom is 0.416 e. The van der Waals surface area contributed by atoms with Crippen LogP contribution < -0.4 is 20.7 Å². The Kier molecular flexibility index (Phi) is 12.9. The number of β-lactam (4-membered cyclic amide) rings is 1. The molecule has 57 heavy (non-hydrogen) atoms. The highest BCUT2D eigenvalue weighted by molar-refractivity contribution is 7.96. The number of carbonyl (C=O) groups excluding carboxylic acids is 5. The minimum atomic E-state index is -3.09. The van der Waals surface area contributed by atoms with Crippen molar-refractivity contribution in [3.63, 3.8) is 0 Å². The molecule has 2 fully saturated rings. The summed E-state index contributed by atoms with van der Waals surface area (Å²) in [5.74, 6) is -1.52. The van der Waals surface area contributed by atoms with Crippen molar-refractivity contribution < 1.29 is 37.9 Å². The van der Waals surface area contributed by atoms with Crippen molar-refractivity contribution in [2.45, 2.75) is 58.0 Å². The highest BCUT2D eigenvalue weighted by Crippen LogP contribution is 2.50. The second-order valence-electron chi connectivity index (χ2n) is 15.1. The predicted octanol–water partition coefficient (Wildman–Crippen LogP) is 6.34. The highest BCUT2D eigenvalue weighted by Gasteiger charge is 2.56. The zero-order chi connectivity index (χ0) is 40.7. The molecule has 0 aromatic heterocycles. The van der Waals surface area contributed by atoms with Gasteiger partial charge >= 0.3 is 6.09 Å². The van der Waals surface area contributed by atoms with Crippen molar-refractivity contribution in [2.75, 3.05) is 19.8 Å². The Morgan fingerprint density at radius 3 is 1.88 bits per heavy atom. The van der Waals surface area contributed by atoms with Gasteiger partial charge in [-0.1, -0.05) is 97.1 Å². The summed E-state index contributed by atoms with van der Waals surface area (Å²) in [7, 11) is -2.15. The van der Waals surface area contributed by atoms with Crippen LogP contribution in [-0.4, -0.2) is 84.9 Å². The van der Waals surface area contributed by atoms with Crippen LogP contribution in [-0.2, 0) is 23.5 Å². The SMILES string of the molecule is C=CCCC(=O)C(N1C(=O)[C@H]([C@@H](C)O[Si](C)(C)C)[C@H]1CC(=O)c1ccc(OCC(=O)N2CCOC2=O)cc1)=P(c1ccccc1)(c1ccccc1)c1ccccc1. The Hall–Kier alpha value is -5.35. The average Bonchev–Trinajstić information content (AvgIpc) is 3.65. The van der Waals surface area contributed by atoms with Crippen molar-refractivity contribution in [3.05, 3.63) is 133 Å². The van der Waals surface area contributed by atoms with E-state index in [0.29, 0.717) is 23.2 Å². The number of carbonyl (C=O) groups is 5. The van der Waals surface area contributed by atoms with E-state index in [9.17, 15) is 19.2 Å². The fraction of sp³-hybridized carbons (Fsp3) is 0.289. The summed E-state index contributed by atoms with van der Waals surface area (Å²) in [6.45, 7) is 8.82. The van der Waals surface area contributed by atoms with Crippen LogP contribution in [0.15, 0.2) is 128 Å². The molecule has 2 saturated heterocycles. The summed E-state index contributed by atoms with van der Waals surface area (Å²) in [6.07, 6.45) is 0.968. The first-order chi connectivity index (χ1) is 27.4. The van der Waals surface area contributed by atoms with Gasteiger partial charge in [0.25, 0.3) is 5.91 Å². The zero-order valence-corrected chi connectivity index (χ0v) is 34.7. The van der Waals surface area contributed by atoms with E-state index in [4.69, 9.17) is 13.9 Å². The molecule has 0 bridgehead atoms. The quantitative estimate of drug-likeness (QED) is 0.0399. The molecule has 0 saturated carbocycles. The molecule has 0 spiro atoms. The number of rotatable bonds is 17. The molecule has 2 aliphatic heterocycles. The fourth-order valence-corrected chi connectivity index (χ4v) is 13.5. The maximum absolute atomic E-state index is 15.1. The Balaban J connectivity index is 1.47. The van der Waals surface area contributed by atoms with Gasteiger partial charge < -0.3 is 18.8 Å². The number of likely N-dealkylation sites (tertiary alicyclic amines) is 1. The molecule has 3 amide bonds. The number of nitrogens with zero attached hydrogens (tertiary/aromatic N) is 2. The van der Waals surface area contributed by atoms with Crippen LogP contribution in [0.3, 0.4) is 0 Å². The van der Waals surface area contributed by atoms with E-state index in [1.165, 1.54) is 0 Å². The molecule has 6 rings (SSSR count). The Morgan fingerprint density at radius 2 is 1.40 bits per heavy atom. The van der Waals surface area contributed by atoms with Crippen molar-refractivity contribution in [2.24, 2.45) is 5.92 Å². The number of hydrogen-bond acceptors (Lipinski definition) is 8. The zero-order valence-electron chi connectivity index (χ0n) is 32.8. The lowest BCUT2D eigenvalue weighted by Crippen LogP contribution is -2.69. The molecule has 3 atom stereocenters. The van der Waals surface area contributed by atoms with Crippen molar-refractivity contribution in [1.82, 2.24) is 9.80 Å². The lowest BCUT2D eigenvalue weighted by molar-refractivity contribution is -0.154. The number of amides is 3. The fourth-order valence-electron chi connectivity index (χ4n) is 7.68. The topological polar surface area (TPSA) is 120 Å². The van der Waals surface area contributed by atoms with Gasteiger partial charge in [-0.05, 0) is 73.2 Å². The van der Waals surface area contributed by atoms with Gasteiger partial charge in [-0.2, -0.15) is 0 Å². The smallest absolute Gasteiger partial charge is 0.416 e. The third-order valence-electron chi connectivity index (χ3n) is 10.1. The predicted molar refractivity (Wildman–Crippen MR) is 227 cm³/mol. The molecule has 4 aromatic rings. The van der Waals surface area contributed by atoms with Gasteiger partial charge in [0.05, 0.1) is 30.0 Å². The third kappa shape index (κ3) is 8.81. The van der Waals surface area contributed by atoms with E-state index in [0.717, 1.165) is 20.8 Å². The normalized spacial score (nSPS) is 17.3. The van der Waals surface area contributed by atoms with Crippen molar-refractivity contribution in [3.8, 4) is 5.75 Å². The number of cyclic esters (lactones) is 1. The molecule has 0 N–H and O–H groups in total. The summed E-state index contributed by atoms with van der Waals surface area (Å²) in [4.78, 5) is 71.3. The summed E-state index contributed by atoms with van der Waals surface area (Å²) in [5, 5.41) is 2.73. The number of imide groups is 1. The second kappa shape index (κ2) is 17.8. The maximum atomic E-state index is 15.1. The first-order valence-electron chi connectivity index (χ1n) is 19.2. The van der Waals surface area contributed by atoms with Gasteiger partial charge in [0.1, 0.15) is 12.4 Å². The average molecular weight is 805 g/mol. The van der Waals surface area contributed by atoms with E-state index in [1.54, 1.807) is 35.2 Å². The van der Waals surface area contributed by atoms with Gasteiger partial charge in [0, 0.05) is 25.3 Å². The molecule has 2 heterocycles. The van der Waals surface area contributed by atoms with E-state index < -0.39 is 45.3 Å². The van der Waals surface area contributed by atoms with Gasteiger partial charge in [0.2, 0.25) is 5.91 Å². The van der Waals surface area contributed by atoms with Crippen LogP contribution in [0.4, 0.5) is 4.79 Å². The molecule has 10 nitrogen and oxygen atoms in total. The standard InChI is InChI=1S/C45H49N2O8PSi/c1-6-7-23-39(48)44(56(35-17-11-8-12-18-35,36-19-13-9-14-20-36)37-21-15-10-16-22-37)47-38(42(43(47)51)32(2)55-57(3,4)5)30-40(49)33-24-26-34(27-25-33)54-31-41(50)46-28-29-53-45(46)52/h6,8-22,24-27,32,38,42H,1,7,23,28-31H2,2-5H3/t32-,38-,42-/m1/s1. The number of allylic oxidation sites excluding steroid dienone is 1. The van der Waals surface area contributed by atoms with E-state index >= 15 is 4.79 Å². The van der Waals surface area contributed by atoms with Crippen LogP contribution >= 0.6 is 6.89 Å². The molecule has 0 radical (unpaired) electrons. The molecule has 0 aliphatic carbocycles. The van der Waals surface area contributed by atoms with E-state index in [2.05, 4.69) is 26.2 Å². The van der Waals surface area contributed by atoms with Gasteiger partial charge in [-0.25, -0.2) is 9.69 Å². The monoisotopic (exact) mass is 804 g/mol. The summed E-state index contributed by atoms with van der Waals surface area (Å²) in [6, 6.07) is 35.4. The highest BCUT2D eigenvalue weighted by atomic mass is 31.2. The van der Waals surface area contributed by atoms with Gasteiger partial charge in [-0.15, -0.1) is 6.58 Å². The number of hydrogen-bond donors (Lipinski definition) is 0. The number of benzene rings is 4. The van der Waals surface area contributed by atoms with Gasteiger partial charge in [-0.3, -0.25) is 19.2 Å². The van der Waals surface area contributed by atoms with Crippen LogP contribution in [0.5, 0.6) is 5.75 Å². The number of Topliss-reactive ketones (excluding diaryl/α,β-unsaturated/α-hetero) is 2. The minimum Gasteiger partial charge on any atom is -0.484 e. The molecule has 12 heteroatoms. The summed E-state index contributed by atoms with van der Waals surface area (Å²) in [5.41, 5.74) is 0.769. The van der Waals surface area contributed by atoms with E-state index in [1.807, 2.05) is 97.9 Å². The molecular weight excluding hydrogens is 756 g/mol. The Morgan fingerprint density at radius 1 is 0.860 bits per heavy atom. The van der Waals surface area contributed by atoms with Crippen LogP contribution in [0.25, 0.3) is 0 Å². The molecule has 0 unspecified atom stereocenters. The Labute approximate surface area is 335 Å². The lowest BCUT2D eigenvalue weighted by Gasteiger charge is -2.52. The first kappa shape index (κ1) is 41.3. The summed E-state index contributed by atoms with van der Waals surface area (Å²) < 4.78 is 17.0. The number of ether oxygens (including phenoxy) is 2. The Bertz CT molecular complexity index is 2070. The van der Waals surface area contributed by atoms with Crippen molar-refractivity contribution in [1.29, 1.82) is 0 Å². The largest absolute Gasteiger partial charge is 0.484 e. The lowest BCUT2D eigenvalue weighted by atomic mass is 9.79. The van der Waals surface area contributed by atoms with Crippen molar-refractivity contribution >= 4 is 66.0 Å². The third-order valence-corrected chi connectivity index (χ3v) is 15.5. The number of ketones is 2. The first-order valence-corrected chi connectivity index (χ1v) is 24.4. The van der Waals surface area contributed by atoms with Crippen LogP contribution in [0, 0.1) is 5.92 Å². The van der Waals surface area contributed by atoms with Crippen LogP contribution in [0.1, 0.15) is 36.5 Å².